The molecule has 0 unspecified atom stereocenters. The Bertz CT molecular complexity index is 1030. The van der Waals surface area contributed by atoms with Crippen molar-refractivity contribution in [2.45, 2.75) is 12.8 Å². The van der Waals surface area contributed by atoms with Crippen molar-refractivity contribution in [1.82, 2.24) is 9.88 Å². The number of likely N-dealkylation sites (tertiary alicyclic amines) is 1. The van der Waals surface area contributed by atoms with Gasteiger partial charge in [-0.1, -0.05) is 22.0 Å². The highest BCUT2D eigenvalue weighted by atomic mass is 79.9. The Kier molecular flexibility index (Phi) is 6.29. The average molecular weight is 474 g/mol. The summed E-state index contributed by atoms with van der Waals surface area (Å²) in [6.07, 6.45) is 2.43. The number of aromatic hydroxyl groups is 1. The minimum Gasteiger partial charge on any atom is -0.507 e. The number of hydrogen-bond acceptors (Lipinski definition) is 4. The second-order valence-electron chi connectivity index (χ2n) is 7.36. The first-order valence-electron chi connectivity index (χ1n) is 9.93. The fourth-order valence-electron chi connectivity index (χ4n) is 3.74. The van der Waals surface area contributed by atoms with E-state index in [9.17, 15) is 13.9 Å². The van der Waals surface area contributed by atoms with Crippen LogP contribution in [0.5, 0.6) is 5.75 Å². The number of aromatic nitrogens is 1. The zero-order valence-electron chi connectivity index (χ0n) is 16.3. The van der Waals surface area contributed by atoms with Crippen LogP contribution >= 0.6 is 15.9 Å². The van der Waals surface area contributed by atoms with Crippen LogP contribution < -0.4 is 5.32 Å². The summed E-state index contributed by atoms with van der Waals surface area (Å²) in [5, 5.41) is 13.6. The molecular formula is C23H22BrF2N3O. The average Bonchev–Trinajstić information content (AvgIpc) is 3.23. The maximum atomic E-state index is 14.5. The quantitative estimate of drug-likeness (QED) is 0.484. The van der Waals surface area contributed by atoms with Gasteiger partial charge >= 0.3 is 0 Å². The number of phenolic OH excluding ortho intramolecular Hbond substituents is 1. The summed E-state index contributed by atoms with van der Waals surface area (Å²) in [5.41, 5.74) is 1.15. The van der Waals surface area contributed by atoms with E-state index in [0.29, 0.717) is 29.2 Å². The van der Waals surface area contributed by atoms with Crippen LogP contribution in [0.4, 0.5) is 14.6 Å². The second-order valence-corrected chi connectivity index (χ2v) is 8.28. The second kappa shape index (κ2) is 9.10. The number of halogens is 3. The first kappa shape index (κ1) is 20.8. The molecule has 2 N–H and O–H groups in total. The number of pyridine rings is 1. The van der Waals surface area contributed by atoms with Crippen molar-refractivity contribution in [3.63, 3.8) is 0 Å². The molecule has 0 bridgehead atoms. The summed E-state index contributed by atoms with van der Waals surface area (Å²) in [7, 11) is 0. The van der Waals surface area contributed by atoms with Crippen LogP contribution in [0, 0.1) is 11.6 Å². The Morgan fingerprint density at radius 3 is 2.50 bits per heavy atom. The molecule has 0 saturated carbocycles. The monoisotopic (exact) mass is 473 g/mol. The van der Waals surface area contributed by atoms with Crippen LogP contribution in [0.1, 0.15) is 12.8 Å². The maximum Gasteiger partial charge on any atom is 0.133 e. The highest BCUT2D eigenvalue weighted by Crippen LogP contribution is 2.35. The van der Waals surface area contributed by atoms with E-state index in [2.05, 4.69) is 31.1 Å². The van der Waals surface area contributed by atoms with E-state index in [-0.39, 0.29) is 11.3 Å². The van der Waals surface area contributed by atoms with Gasteiger partial charge in [-0.05, 0) is 74.0 Å². The van der Waals surface area contributed by atoms with Gasteiger partial charge in [-0.15, -0.1) is 0 Å². The number of nitrogens with zero attached hydrogens (tertiary/aromatic N) is 2. The van der Waals surface area contributed by atoms with Crippen molar-refractivity contribution < 1.29 is 13.9 Å². The van der Waals surface area contributed by atoms with Crippen molar-refractivity contribution in [2.75, 3.05) is 31.5 Å². The van der Waals surface area contributed by atoms with Crippen molar-refractivity contribution in [3.8, 4) is 28.1 Å². The molecule has 0 radical (unpaired) electrons. The van der Waals surface area contributed by atoms with Gasteiger partial charge in [-0.25, -0.2) is 13.8 Å². The Balaban J connectivity index is 1.72. The molecule has 30 heavy (non-hydrogen) atoms. The largest absolute Gasteiger partial charge is 0.507 e. The van der Waals surface area contributed by atoms with E-state index < -0.39 is 11.6 Å². The third-order valence-electron chi connectivity index (χ3n) is 5.24. The molecule has 1 aliphatic rings. The molecule has 2 aromatic carbocycles. The van der Waals surface area contributed by atoms with Crippen LogP contribution in [0.3, 0.4) is 0 Å². The van der Waals surface area contributed by atoms with E-state index >= 15 is 0 Å². The van der Waals surface area contributed by atoms with Gasteiger partial charge in [0.05, 0.1) is 11.3 Å². The molecule has 4 nitrogen and oxygen atoms in total. The molecule has 0 amide bonds. The third kappa shape index (κ3) is 4.63. The molecule has 1 aromatic heterocycles. The number of phenols is 1. The smallest absolute Gasteiger partial charge is 0.133 e. The molecule has 7 heteroatoms. The number of rotatable bonds is 6. The summed E-state index contributed by atoms with van der Waals surface area (Å²) >= 11 is 3.40. The van der Waals surface area contributed by atoms with Crippen molar-refractivity contribution in [1.29, 1.82) is 0 Å². The first-order valence-corrected chi connectivity index (χ1v) is 10.7. The zero-order chi connectivity index (χ0) is 21.1. The molecule has 0 atom stereocenters. The van der Waals surface area contributed by atoms with Crippen LogP contribution in [-0.2, 0) is 0 Å². The van der Waals surface area contributed by atoms with E-state index in [1.165, 1.54) is 31.0 Å². The molecule has 2 heterocycles. The molecule has 1 fully saturated rings. The lowest BCUT2D eigenvalue weighted by atomic mass is 10.0. The summed E-state index contributed by atoms with van der Waals surface area (Å²) in [6.45, 7) is 3.72. The number of anilines is 1. The topological polar surface area (TPSA) is 48.4 Å². The summed E-state index contributed by atoms with van der Waals surface area (Å²) in [4.78, 5) is 6.97. The number of nitrogens with one attached hydrogen (secondary N) is 1. The summed E-state index contributed by atoms with van der Waals surface area (Å²) in [5.74, 6) is -0.745. The predicted octanol–water partition coefficient (Wildman–Crippen LogP) is 5.67. The first-order chi connectivity index (χ1) is 14.5. The molecule has 4 rings (SSSR count). The third-order valence-corrected chi connectivity index (χ3v) is 5.74. The lowest BCUT2D eigenvalue weighted by molar-refractivity contribution is 0.352. The summed E-state index contributed by atoms with van der Waals surface area (Å²) in [6, 6.07) is 12.0. The lowest BCUT2D eigenvalue weighted by Gasteiger charge is -2.16. The number of hydrogen-bond donors (Lipinski definition) is 2. The van der Waals surface area contributed by atoms with E-state index in [1.54, 1.807) is 30.3 Å². The molecule has 0 aliphatic carbocycles. The highest BCUT2D eigenvalue weighted by molar-refractivity contribution is 9.10. The van der Waals surface area contributed by atoms with Crippen LogP contribution in [-0.4, -0.2) is 41.2 Å². The predicted molar refractivity (Wildman–Crippen MR) is 119 cm³/mol. The van der Waals surface area contributed by atoms with Crippen molar-refractivity contribution >= 4 is 21.7 Å². The van der Waals surface area contributed by atoms with Gasteiger partial charge < -0.3 is 15.3 Å². The van der Waals surface area contributed by atoms with E-state index in [1.807, 2.05) is 0 Å². The zero-order valence-corrected chi connectivity index (χ0v) is 17.9. The molecule has 1 saturated heterocycles. The Hall–Kier alpha value is -2.51. The van der Waals surface area contributed by atoms with Gasteiger partial charge in [-0.2, -0.15) is 0 Å². The lowest BCUT2D eigenvalue weighted by Crippen LogP contribution is -2.26. The SMILES string of the molecule is Oc1ccc(Br)cc1-c1cc(-c2c(F)cccc2F)cc(NCCN2CCCC2)n1. The van der Waals surface area contributed by atoms with Gasteiger partial charge in [0.1, 0.15) is 23.2 Å². The fourth-order valence-corrected chi connectivity index (χ4v) is 4.10. The molecule has 3 aromatic rings. The van der Waals surface area contributed by atoms with Gasteiger partial charge in [0.25, 0.3) is 0 Å². The minimum atomic E-state index is -0.645. The van der Waals surface area contributed by atoms with Gasteiger partial charge in [-0.3, -0.25) is 0 Å². The standard InChI is InChI=1S/C23H22BrF2N3O/c24-16-6-7-21(30)17(14-16)20-12-15(23-18(25)4-3-5-19(23)26)13-22(28-20)27-8-11-29-9-1-2-10-29/h3-7,12-14,30H,1-2,8-11H2,(H,27,28). The van der Waals surface area contributed by atoms with Crippen molar-refractivity contribution in [2.24, 2.45) is 0 Å². The van der Waals surface area contributed by atoms with E-state index in [0.717, 1.165) is 24.1 Å². The number of benzene rings is 2. The normalized spacial score (nSPS) is 14.2. The Morgan fingerprint density at radius 2 is 1.77 bits per heavy atom. The minimum absolute atomic E-state index is 0.0415. The molecule has 0 spiro atoms. The fraction of sp³-hybridized carbons (Fsp3) is 0.261. The van der Waals surface area contributed by atoms with Crippen LogP contribution in [0.25, 0.3) is 22.4 Å². The molecule has 156 valence electrons. The molecule has 1 aliphatic heterocycles. The highest BCUT2D eigenvalue weighted by Gasteiger charge is 2.16. The van der Waals surface area contributed by atoms with Gasteiger partial charge in [0.15, 0.2) is 0 Å². The summed E-state index contributed by atoms with van der Waals surface area (Å²) < 4.78 is 29.7. The van der Waals surface area contributed by atoms with Crippen LogP contribution in [0.2, 0.25) is 0 Å². The molecular weight excluding hydrogens is 452 g/mol. The van der Waals surface area contributed by atoms with Gasteiger partial charge in [0.2, 0.25) is 0 Å². The maximum absolute atomic E-state index is 14.5. The van der Waals surface area contributed by atoms with E-state index in [4.69, 9.17) is 0 Å². The van der Waals surface area contributed by atoms with Crippen molar-refractivity contribution in [3.05, 3.63) is 64.6 Å². The van der Waals surface area contributed by atoms with Gasteiger partial charge in [0, 0.05) is 23.1 Å². The Labute approximate surface area is 182 Å². The Morgan fingerprint density at radius 1 is 1.03 bits per heavy atom. The van der Waals surface area contributed by atoms with Crippen LogP contribution in [0.15, 0.2) is 53.0 Å².